The summed E-state index contributed by atoms with van der Waals surface area (Å²) in [5.41, 5.74) is 1.02. The van der Waals surface area contributed by atoms with Gasteiger partial charge in [0.2, 0.25) is 5.91 Å². The van der Waals surface area contributed by atoms with E-state index in [0.29, 0.717) is 22.5 Å². The molecule has 1 N–H and O–H groups in total. The molecule has 10 nitrogen and oxygen atoms in total. The van der Waals surface area contributed by atoms with Crippen molar-refractivity contribution in [2.45, 2.75) is 43.7 Å². The summed E-state index contributed by atoms with van der Waals surface area (Å²) >= 11 is 8.27. The molecule has 2 aliphatic rings. The van der Waals surface area contributed by atoms with Crippen LogP contribution in [0.25, 0.3) is 28.0 Å². The largest absolute Gasteiger partial charge is 0.507 e. The van der Waals surface area contributed by atoms with Gasteiger partial charge in [0, 0.05) is 36.1 Å². The summed E-state index contributed by atoms with van der Waals surface area (Å²) in [6.45, 7) is 9.71. The number of amides is 2. The lowest BCUT2D eigenvalue weighted by atomic mass is 9.98. The second kappa shape index (κ2) is 11.7. The second-order valence-corrected chi connectivity index (χ2v) is 12.9. The maximum absolute atomic E-state index is 15.2. The van der Waals surface area contributed by atoms with Gasteiger partial charge in [-0.25, -0.2) is 9.37 Å². The van der Waals surface area contributed by atoms with Crippen molar-refractivity contribution in [3.8, 4) is 22.7 Å². The SMILES string of the molecule is C=CC(=O)N1C[C@@H]2C(=O)N(C)c3c(c4cc(Cl)c(-c5c(O)cccc5F)nc4n(-c4c(SC)ccnc4C(C)C)c3=O)N2C[C@H]1C. The van der Waals surface area contributed by atoms with Gasteiger partial charge in [0.15, 0.2) is 5.65 Å². The third-order valence-electron chi connectivity index (χ3n) is 8.62. The summed E-state index contributed by atoms with van der Waals surface area (Å²) < 4.78 is 16.7. The molecule has 1 fully saturated rings. The predicted molar refractivity (Wildman–Crippen MR) is 179 cm³/mol. The van der Waals surface area contributed by atoms with Crippen molar-refractivity contribution >= 4 is 57.6 Å². The van der Waals surface area contributed by atoms with Gasteiger partial charge in [-0.15, -0.1) is 11.8 Å². The van der Waals surface area contributed by atoms with E-state index >= 15 is 4.39 Å². The Hall–Kier alpha value is -4.42. The zero-order chi connectivity index (χ0) is 33.2. The van der Waals surface area contributed by atoms with Gasteiger partial charge in [-0.3, -0.25) is 23.9 Å². The monoisotopic (exact) mass is 662 g/mol. The lowest BCUT2D eigenvalue weighted by Gasteiger charge is -2.49. The van der Waals surface area contributed by atoms with Gasteiger partial charge in [-0.2, -0.15) is 0 Å². The summed E-state index contributed by atoms with van der Waals surface area (Å²) in [5, 5.41) is 11.2. The average Bonchev–Trinajstić information content (AvgIpc) is 3.02. The van der Waals surface area contributed by atoms with Gasteiger partial charge in [-0.1, -0.05) is 38.1 Å². The number of anilines is 2. The van der Waals surface area contributed by atoms with Crippen LogP contribution >= 0.6 is 23.4 Å². The van der Waals surface area contributed by atoms with E-state index in [1.54, 1.807) is 23.2 Å². The van der Waals surface area contributed by atoms with E-state index in [4.69, 9.17) is 16.6 Å². The first-order valence-electron chi connectivity index (χ1n) is 14.7. The van der Waals surface area contributed by atoms with Gasteiger partial charge in [-0.05, 0) is 49.4 Å². The fraction of sp³-hybridized carbons (Fsp3) is 0.303. The molecule has 0 radical (unpaired) electrons. The maximum Gasteiger partial charge on any atom is 0.283 e. The molecule has 238 valence electrons. The summed E-state index contributed by atoms with van der Waals surface area (Å²) in [6, 6.07) is 6.17. The van der Waals surface area contributed by atoms with E-state index in [1.165, 1.54) is 52.6 Å². The molecule has 4 aromatic rings. The Morgan fingerprint density at radius 2 is 1.93 bits per heavy atom. The summed E-state index contributed by atoms with van der Waals surface area (Å²) in [5.74, 6) is -1.86. The number of phenols is 1. The van der Waals surface area contributed by atoms with Crippen molar-refractivity contribution in [3.05, 3.63) is 76.1 Å². The van der Waals surface area contributed by atoms with E-state index < -0.39 is 17.4 Å². The third kappa shape index (κ3) is 4.73. The van der Waals surface area contributed by atoms with Crippen molar-refractivity contribution < 1.29 is 19.1 Å². The number of fused-ring (bicyclic) bond motifs is 5. The highest BCUT2D eigenvalue weighted by Gasteiger charge is 2.46. The fourth-order valence-corrected chi connectivity index (χ4v) is 7.27. The number of phenolic OH excluding ortho intramolecular Hbond substituents is 1. The number of thioether (sulfide) groups is 1. The zero-order valence-electron chi connectivity index (χ0n) is 25.9. The number of nitrogens with zero attached hydrogens (tertiary/aromatic N) is 6. The molecule has 46 heavy (non-hydrogen) atoms. The molecule has 3 aromatic heterocycles. The Labute approximate surface area is 274 Å². The molecule has 2 aliphatic heterocycles. The Balaban J connectivity index is 1.77. The fourth-order valence-electron chi connectivity index (χ4n) is 6.43. The number of benzene rings is 1. The lowest BCUT2D eigenvalue weighted by molar-refractivity contribution is -0.130. The quantitative estimate of drug-likeness (QED) is 0.225. The number of halogens is 2. The number of hydrogen-bond acceptors (Lipinski definition) is 8. The normalized spacial score (nSPS) is 17.8. The third-order valence-corrected chi connectivity index (χ3v) is 9.68. The number of aromatic nitrogens is 3. The van der Waals surface area contributed by atoms with Gasteiger partial charge < -0.3 is 19.8 Å². The first-order valence-corrected chi connectivity index (χ1v) is 16.3. The van der Waals surface area contributed by atoms with E-state index in [-0.39, 0.29) is 70.2 Å². The number of carbonyl (C=O) groups excluding carboxylic acids is 2. The second-order valence-electron chi connectivity index (χ2n) is 11.7. The highest BCUT2D eigenvalue weighted by molar-refractivity contribution is 7.98. The zero-order valence-corrected chi connectivity index (χ0v) is 27.5. The average molecular weight is 663 g/mol. The molecular weight excluding hydrogens is 631 g/mol. The maximum atomic E-state index is 15.2. The minimum atomic E-state index is -0.795. The Morgan fingerprint density at radius 3 is 2.59 bits per heavy atom. The predicted octanol–water partition coefficient (Wildman–Crippen LogP) is 5.36. The highest BCUT2D eigenvalue weighted by atomic mass is 35.5. The van der Waals surface area contributed by atoms with Crippen molar-refractivity contribution in [2.24, 2.45) is 0 Å². The molecule has 0 aliphatic carbocycles. The van der Waals surface area contributed by atoms with Crippen LogP contribution in [-0.4, -0.2) is 74.8 Å². The van der Waals surface area contributed by atoms with Crippen LogP contribution in [0.5, 0.6) is 5.75 Å². The standard InChI is InChI=1S/C33H32ClFN6O4S/c1-7-24(43)39-15-21-32(44)38(5)30-28(40(21)14-17(39)4)18-13-19(34)27(25-20(35)9-8-10-22(25)42)37-31(18)41(33(30)45)29-23(46-6)11-12-36-26(29)16(2)3/h7-13,16-17,21,42H,1,14-15H2,2-6H3/t17-,21-/m1/s1. The van der Waals surface area contributed by atoms with Crippen LogP contribution in [0.2, 0.25) is 5.02 Å². The molecule has 1 saturated heterocycles. The van der Waals surface area contributed by atoms with Crippen LogP contribution in [0.4, 0.5) is 15.8 Å². The first-order chi connectivity index (χ1) is 21.9. The summed E-state index contributed by atoms with van der Waals surface area (Å²) in [7, 11) is 1.54. The lowest BCUT2D eigenvalue weighted by Crippen LogP contribution is -2.66. The summed E-state index contributed by atoms with van der Waals surface area (Å²) in [4.78, 5) is 56.5. The van der Waals surface area contributed by atoms with Gasteiger partial charge in [0.25, 0.3) is 11.5 Å². The molecule has 5 heterocycles. The number of hydrogen-bond donors (Lipinski definition) is 1. The van der Waals surface area contributed by atoms with Crippen LogP contribution < -0.4 is 15.4 Å². The molecule has 2 atom stereocenters. The van der Waals surface area contributed by atoms with Crippen LogP contribution in [0.15, 0.2) is 58.9 Å². The highest BCUT2D eigenvalue weighted by Crippen LogP contribution is 2.45. The molecular formula is C33H32ClFN6O4S. The van der Waals surface area contributed by atoms with E-state index in [2.05, 4.69) is 11.6 Å². The van der Waals surface area contributed by atoms with Crippen molar-refractivity contribution in [1.82, 2.24) is 19.4 Å². The van der Waals surface area contributed by atoms with Crippen molar-refractivity contribution in [1.29, 1.82) is 0 Å². The molecule has 0 saturated carbocycles. The number of rotatable bonds is 5. The number of aromatic hydroxyl groups is 1. The Bertz CT molecular complexity index is 2000. The molecule has 6 rings (SSSR count). The van der Waals surface area contributed by atoms with Crippen molar-refractivity contribution in [2.75, 3.05) is 36.2 Å². The van der Waals surface area contributed by atoms with Gasteiger partial charge in [0.1, 0.15) is 23.3 Å². The van der Waals surface area contributed by atoms with E-state index in [9.17, 15) is 19.5 Å². The molecule has 0 bridgehead atoms. The van der Waals surface area contributed by atoms with Crippen molar-refractivity contribution in [3.63, 3.8) is 0 Å². The van der Waals surface area contributed by atoms with E-state index in [1.807, 2.05) is 31.9 Å². The Kier molecular flexibility index (Phi) is 8.06. The smallest absolute Gasteiger partial charge is 0.283 e. The minimum absolute atomic E-state index is 0.0327. The number of piperazine rings is 1. The first kappa shape index (κ1) is 31.6. The van der Waals surface area contributed by atoms with Crippen LogP contribution in [-0.2, 0) is 9.59 Å². The minimum Gasteiger partial charge on any atom is -0.507 e. The topological polar surface area (TPSA) is 112 Å². The molecule has 0 spiro atoms. The number of pyridine rings is 3. The van der Waals surface area contributed by atoms with Gasteiger partial charge >= 0.3 is 0 Å². The van der Waals surface area contributed by atoms with Crippen LogP contribution in [0.3, 0.4) is 0 Å². The Morgan fingerprint density at radius 1 is 1.20 bits per heavy atom. The molecule has 1 aromatic carbocycles. The van der Waals surface area contributed by atoms with E-state index in [0.717, 1.165) is 4.90 Å². The molecule has 13 heteroatoms. The number of likely N-dealkylation sites (N-methyl/N-ethyl adjacent to an activating group) is 1. The number of carbonyl (C=O) groups is 2. The summed E-state index contributed by atoms with van der Waals surface area (Å²) in [6.07, 6.45) is 4.78. The molecule has 0 unspecified atom stereocenters. The van der Waals surface area contributed by atoms with Gasteiger partial charge in [0.05, 0.1) is 39.9 Å². The van der Waals surface area contributed by atoms with Crippen LogP contribution in [0, 0.1) is 5.82 Å². The van der Waals surface area contributed by atoms with Crippen LogP contribution in [0.1, 0.15) is 32.4 Å². The molecule has 2 amide bonds.